The van der Waals surface area contributed by atoms with Crippen molar-refractivity contribution in [1.29, 1.82) is 0 Å². The third kappa shape index (κ3) is 9.01. The number of fused-ring (bicyclic) bond motifs is 2. The van der Waals surface area contributed by atoms with Gasteiger partial charge in [0.2, 0.25) is 19.7 Å². The summed E-state index contributed by atoms with van der Waals surface area (Å²) in [5.41, 5.74) is -1.68. The van der Waals surface area contributed by atoms with Crippen LogP contribution in [-0.2, 0) is 48.3 Å². The number of ether oxygens (including phenoxy) is 5. The number of esters is 3. The quantitative estimate of drug-likeness (QED) is 0.101. The summed E-state index contributed by atoms with van der Waals surface area (Å²) >= 11 is 0. The SMILES string of the molecule is C.CCOC(=O)C(C(=O)OCC)(C(=O)OCC)C1CCOc2cc(S(=O)(=O)c3cccc(F)c3)ccc21.O=S(=O)(c1cccc(F)c1)c1ccc2c(c1)OCCC2O. The number of carbonyl (C=O) groups is 3. The van der Waals surface area contributed by atoms with Gasteiger partial charge in [-0.1, -0.05) is 31.7 Å². The fourth-order valence-corrected chi connectivity index (χ4v) is 9.07. The minimum absolute atomic E-state index is 0. The second-order valence-corrected chi connectivity index (χ2v) is 16.5. The van der Waals surface area contributed by atoms with Crippen LogP contribution in [0.2, 0.25) is 0 Å². The molecule has 6 rings (SSSR count). The van der Waals surface area contributed by atoms with Gasteiger partial charge in [0.05, 0.1) is 58.7 Å². The zero-order valence-corrected chi connectivity index (χ0v) is 32.7. The highest BCUT2D eigenvalue weighted by Crippen LogP contribution is 2.48. The van der Waals surface area contributed by atoms with Crippen molar-refractivity contribution in [2.24, 2.45) is 5.41 Å². The van der Waals surface area contributed by atoms with Crippen LogP contribution in [0, 0.1) is 17.0 Å². The summed E-state index contributed by atoms with van der Waals surface area (Å²) in [6.45, 7) is 4.54. The zero-order chi connectivity index (χ0) is 41.5. The van der Waals surface area contributed by atoms with Crippen molar-refractivity contribution in [2.45, 2.75) is 72.6 Å². The van der Waals surface area contributed by atoms with Crippen LogP contribution < -0.4 is 9.47 Å². The molecular formula is C41H44F2O13S2. The molecule has 0 saturated heterocycles. The summed E-state index contributed by atoms with van der Waals surface area (Å²) in [6.07, 6.45) is -0.137. The van der Waals surface area contributed by atoms with E-state index >= 15 is 0 Å². The van der Waals surface area contributed by atoms with E-state index in [0.29, 0.717) is 24.3 Å². The van der Waals surface area contributed by atoms with E-state index in [9.17, 15) is 45.1 Å². The second-order valence-electron chi connectivity index (χ2n) is 12.6. The third-order valence-corrected chi connectivity index (χ3v) is 12.7. The van der Waals surface area contributed by atoms with Crippen LogP contribution in [0.1, 0.15) is 64.2 Å². The fraction of sp³-hybridized carbons (Fsp3) is 0.341. The lowest BCUT2D eigenvalue weighted by atomic mass is 9.69. The van der Waals surface area contributed by atoms with Gasteiger partial charge in [-0.05, 0) is 93.4 Å². The molecule has 17 heteroatoms. The van der Waals surface area contributed by atoms with E-state index in [1.54, 1.807) is 0 Å². The topological polar surface area (TPSA) is 186 Å². The summed E-state index contributed by atoms with van der Waals surface area (Å²) in [4.78, 5) is 39.2. The molecule has 2 atom stereocenters. The average Bonchev–Trinajstić information content (AvgIpc) is 3.18. The van der Waals surface area contributed by atoms with Crippen molar-refractivity contribution >= 4 is 37.6 Å². The molecule has 2 heterocycles. The molecular weight excluding hydrogens is 803 g/mol. The van der Waals surface area contributed by atoms with Gasteiger partial charge in [0, 0.05) is 17.9 Å². The normalized spacial score (nSPS) is 16.0. The van der Waals surface area contributed by atoms with Crippen molar-refractivity contribution < 1.29 is 68.8 Å². The summed E-state index contributed by atoms with van der Waals surface area (Å²) in [5, 5.41) is 9.83. The molecule has 0 spiro atoms. The third-order valence-electron chi connectivity index (χ3n) is 9.17. The van der Waals surface area contributed by atoms with E-state index < -0.39 is 66.7 Å². The molecule has 4 aromatic rings. The molecule has 312 valence electrons. The average molecular weight is 847 g/mol. The lowest BCUT2D eigenvalue weighted by Gasteiger charge is -2.37. The van der Waals surface area contributed by atoms with E-state index in [0.717, 1.165) is 18.2 Å². The Kier molecular flexibility index (Phi) is 14.8. The van der Waals surface area contributed by atoms with Gasteiger partial charge in [-0.25, -0.2) is 25.6 Å². The molecule has 13 nitrogen and oxygen atoms in total. The predicted octanol–water partition coefficient (Wildman–Crippen LogP) is 6.31. The highest BCUT2D eigenvalue weighted by atomic mass is 32.2. The standard InChI is InChI=1S/C25H27FO9S.C15H13FO4S.CH4/c1-4-32-22(27)25(23(28)33-5-2,24(29)34-6-3)20-12-13-35-21-15-18(10-11-19(20)21)36(30,31)17-9-7-8-16(26)14-17;16-10-2-1-3-11(8-10)21(18,19)12-4-5-13-14(17)6-7-20-15(13)9-12;/h7-11,14-15,20H,4-6,12-13H2,1-3H3;1-5,8-9,14,17H,6-7H2;1H4. The Labute approximate surface area is 335 Å². The van der Waals surface area contributed by atoms with E-state index in [1.807, 2.05) is 0 Å². The van der Waals surface area contributed by atoms with Crippen molar-refractivity contribution in [3.8, 4) is 11.5 Å². The number of aliphatic hydroxyl groups is 1. The van der Waals surface area contributed by atoms with E-state index in [4.69, 9.17) is 23.7 Å². The minimum atomic E-state index is -4.12. The Morgan fingerprint density at radius 2 is 1.03 bits per heavy atom. The Bertz CT molecular complexity index is 2320. The van der Waals surface area contributed by atoms with Crippen LogP contribution in [0.5, 0.6) is 11.5 Å². The molecule has 0 fully saturated rings. The maximum absolute atomic E-state index is 13.7. The molecule has 0 aliphatic carbocycles. The molecule has 0 aromatic heterocycles. The monoisotopic (exact) mass is 846 g/mol. The first-order valence-electron chi connectivity index (χ1n) is 17.9. The van der Waals surface area contributed by atoms with Gasteiger partial charge in [-0.3, -0.25) is 14.4 Å². The lowest BCUT2D eigenvalue weighted by molar-refractivity contribution is -0.186. The zero-order valence-electron chi connectivity index (χ0n) is 31.1. The summed E-state index contributed by atoms with van der Waals surface area (Å²) in [5.74, 6) is -5.43. The molecule has 2 unspecified atom stereocenters. The number of aliphatic hydroxyl groups excluding tert-OH is 1. The van der Waals surface area contributed by atoms with Gasteiger partial charge >= 0.3 is 17.9 Å². The molecule has 2 aliphatic heterocycles. The predicted molar refractivity (Wildman–Crippen MR) is 204 cm³/mol. The number of rotatable bonds is 11. The highest BCUT2D eigenvalue weighted by molar-refractivity contribution is 7.91. The Hall–Kier alpha value is -5.39. The van der Waals surface area contributed by atoms with Crippen LogP contribution in [0.15, 0.2) is 105 Å². The summed E-state index contributed by atoms with van der Waals surface area (Å²) in [7, 11) is -7.93. The molecule has 0 amide bonds. The lowest BCUT2D eigenvalue weighted by Crippen LogP contribution is -2.54. The number of hydrogen-bond acceptors (Lipinski definition) is 13. The molecule has 0 radical (unpaired) electrons. The van der Waals surface area contributed by atoms with E-state index in [2.05, 4.69) is 0 Å². The van der Waals surface area contributed by atoms with E-state index in [-0.39, 0.29) is 71.2 Å². The van der Waals surface area contributed by atoms with Crippen LogP contribution in [0.4, 0.5) is 8.78 Å². The smallest absolute Gasteiger partial charge is 0.335 e. The molecule has 4 aromatic carbocycles. The molecule has 0 bridgehead atoms. The molecule has 1 N–H and O–H groups in total. The Morgan fingerprint density at radius 1 is 0.638 bits per heavy atom. The first-order chi connectivity index (χ1) is 27.1. The van der Waals surface area contributed by atoms with Crippen molar-refractivity contribution in [1.82, 2.24) is 0 Å². The van der Waals surface area contributed by atoms with Crippen LogP contribution >= 0.6 is 0 Å². The van der Waals surface area contributed by atoms with Crippen LogP contribution in [0.25, 0.3) is 0 Å². The highest BCUT2D eigenvalue weighted by Gasteiger charge is 2.64. The largest absolute Gasteiger partial charge is 0.493 e. The van der Waals surface area contributed by atoms with Crippen molar-refractivity contribution in [3.63, 3.8) is 0 Å². The van der Waals surface area contributed by atoms with Crippen LogP contribution in [-0.4, -0.2) is 72.9 Å². The first kappa shape index (κ1) is 45.3. The summed E-state index contributed by atoms with van der Waals surface area (Å²) in [6, 6.07) is 17.5. The Balaban J connectivity index is 0.000000287. The maximum Gasteiger partial charge on any atom is 0.335 e. The number of benzene rings is 4. The van der Waals surface area contributed by atoms with Gasteiger partial charge in [-0.15, -0.1) is 0 Å². The maximum atomic E-state index is 13.7. The molecule has 0 saturated carbocycles. The molecule has 2 aliphatic rings. The first-order valence-corrected chi connectivity index (χ1v) is 20.8. The molecule has 58 heavy (non-hydrogen) atoms. The van der Waals surface area contributed by atoms with Gasteiger partial charge in [0.1, 0.15) is 23.1 Å². The minimum Gasteiger partial charge on any atom is -0.493 e. The van der Waals surface area contributed by atoms with Gasteiger partial charge in [0.15, 0.2) is 0 Å². The Morgan fingerprint density at radius 3 is 1.47 bits per heavy atom. The van der Waals surface area contributed by atoms with Gasteiger partial charge in [-0.2, -0.15) is 0 Å². The van der Waals surface area contributed by atoms with Crippen molar-refractivity contribution in [3.05, 3.63) is 108 Å². The number of sulfone groups is 2. The fourth-order valence-electron chi connectivity index (χ4n) is 6.46. The van der Waals surface area contributed by atoms with Crippen molar-refractivity contribution in [2.75, 3.05) is 33.0 Å². The van der Waals surface area contributed by atoms with Crippen LogP contribution in [0.3, 0.4) is 0 Å². The number of halogens is 2. The number of hydrogen-bond donors (Lipinski definition) is 1. The second kappa shape index (κ2) is 18.9. The van der Waals surface area contributed by atoms with E-state index in [1.165, 1.54) is 87.5 Å². The number of carbonyl (C=O) groups excluding carboxylic acids is 3. The van der Waals surface area contributed by atoms with Gasteiger partial charge in [0.25, 0.3) is 5.41 Å². The summed E-state index contributed by atoms with van der Waals surface area (Å²) < 4.78 is 104. The van der Waals surface area contributed by atoms with Gasteiger partial charge < -0.3 is 28.8 Å².